The monoisotopic (exact) mass is 236 g/mol. The lowest BCUT2D eigenvalue weighted by molar-refractivity contribution is 0.0946. The van der Waals surface area contributed by atoms with Crippen LogP contribution in [0.2, 0.25) is 0 Å². The minimum Gasteiger partial charge on any atom is -0.409 e. The highest BCUT2D eigenvalue weighted by Crippen LogP contribution is 1.99. The van der Waals surface area contributed by atoms with Gasteiger partial charge in [-0.15, -0.1) is 0 Å². The Balaban J connectivity index is 2.56. The van der Waals surface area contributed by atoms with Gasteiger partial charge in [-0.3, -0.25) is 4.79 Å². The van der Waals surface area contributed by atoms with Crippen LogP contribution in [0, 0.1) is 12.8 Å². The molecular weight excluding hydrogens is 220 g/mol. The van der Waals surface area contributed by atoms with E-state index in [0.29, 0.717) is 12.2 Å². The Hall–Kier alpha value is -2.11. The number of hydrogen-bond donors (Lipinski definition) is 3. The molecule has 1 unspecified atom stereocenters. The first-order chi connectivity index (χ1) is 8.04. The van der Waals surface area contributed by atoms with Crippen molar-refractivity contribution >= 4 is 11.7 Å². The molecule has 1 aromatic heterocycles. The van der Waals surface area contributed by atoms with Crippen molar-refractivity contribution < 1.29 is 10.0 Å². The number of aryl methyl sites for hydroxylation is 1. The number of nitrogens with one attached hydrogen (secondary N) is 1. The van der Waals surface area contributed by atoms with Crippen molar-refractivity contribution in [2.24, 2.45) is 16.8 Å². The van der Waals surface area contributed by atoms with E-state index in [-0.39, 0.29) is 17.7 Å². The Labute approximate surface area is 99.5 Å². The van der Waals surface area contributed by atoms with E-state index < -0.39 is 0 Å². The van der Waals surface area contributed by atoms with E-state index in [9.17, 15) is 4.79 Å². The molecule has 0 aliphatic carbocycles. The number of carbonyl (C=O) groups excluding carboxylic acids is 1. The minimum absolute atomic E-state index is 0.0856. The Morgan fingerprint density at radius 2 is 2.35 bits per heavy atom. The first-order valence-corrected chi connectivity index (χ1v) is 5.24. The summed E-state index contributed by atoms with van der Waals surface area (Å²) in [5.41, 5.74) is 6.54. The van der Waals surface area contributed by atoms with Gasteiger partial charge >= 0.3 is 0 Å². The molecule has 0 aliphatic rings. The summed E-state index contributed by atoms with van der Waals surface area (Å²) in [7, 11) is 0. The normalized spacial score (nSPS) is 13.2. The van der Waals surface area contributed by atoms with Crippen LogP contribution in [0.25, 0.3) is 0 Å². The van der Waals surface area contributed by atoms with Gasteiger partial charge in [0.05, 0.1) is 0 Å². The second-order valence-corrected chi connectivity index (χ2v) is 3.80. The summed E-state index contributed by atoms with van der Waals surface area (Å²) >= 11 is 0. The van der Waals surface area contributed by atoms with E-state index in [4.69, 9.17) is 10.9 Å². The fourth-order valence-corrected chi connectivity index (χ4v) is 1.21. The third kappa shape index (κ3) is 3.75. The molecule has 1 heterocycles. The van der Waals surface area contributed by atoms with Gasteiger partial charge in [0.25, 0.3) is 5.91 Å². The van der Waals surface area contributed by atoms with Crippen LogP contribution in [0.5, 0.6) is 0 Å². The van der Waals surface area contributed by atoms with Gasteiger partial charge in [0, 0.05) is 18.2 Å². The topological polar surface area (TPSA) is 101 Å². The molecule has 1 amide bonds. The molecule has 0 saturated heterocycles. The van der Waals surface area contributed by atoms with Crippen LogP contribution in [-0.2, 0) is 0 Å². The van der Waals surface area contributed by atoms with Gasteiger partial charge in [-0.1, -0.05) is 18.1 Å². The van der Waals surface area contributed by atoms with Crippen LogP contribution in [0.4, 0.5) is 0 Å². The van der Waals surface area contributed by atoms with Crippen LogP contribution in [0.3, 0.4) is 0 Å². The predicted octanol–water partition coefficient (Wildman–Crippen LogP) is 0.502. The van der Waals surface area contributed by atoms with Crippen molar-refractivity contribution in [3.05, 3.63) is 29.6 Å². The highest BCUT2D eigenvalue weighted by atomic mass is 16.4. The summed E-state index contributed by atoms with van der Waals surface area (Å²) in [5, 5.41) is 14.0. The number of oxime groups is 1. The number of amides is 1. The zero-order valence-corrected chi connectivity index (χ0v) is 9.84. The number of rotatable bonds is 4. The van der Waals surface area contributed by atoms with Crippen molar-refractivity contribution in [1.82, 2.24) is 10.3 Å². The molecule has 0 bridgehead atoms. The second-order valence-electron chi connectivity index (χ2n) is 3.80. The van der Waals surface area contributed by atoms with E-state index in [2.05, 4.69) is 15.5 Å². The second kappa shape index (κ2) is 5.83. The first-order valence-electron chi connectivity index (χ1n) is 5.24. The third-order valence-corrected chi connectivity index (χ3v) is 2.31. The van der Waals surface area contributed by atoms with Crippen molar-refractivity contribution in [3.63, 3.8) is 0 Å². The lowest BCUT2D eigenvalue weighted by Crippen LogP contribution is -2.35. The van der Waals surface area contributed by atoms with Crippen LogP contribution in [-0.4, -0.2) is 28.5 Å². The fourth-order valence-electron chi connectivity index (χ4n) is 1.21. The van der Waals surface area contributed by atoms with E-state index in [1.807, 2.05) is 13.0 Å². The van der Waals surface area contributed by atoms with Gasteiger partial charge < -0.3 is 16.3 Å². The van der Waals surface area contributed by atoms with Gasteiger partial charge in [0.2, 0.25) is 0 Å². The van der Waals surface area contributed by atoms with Crippen LogP contribution in [0.15, 0.2) is 23.4 Å². The molecule has 0 spiro atoms. The molecule has 1 atom stereocenters. The van der Waals surface area contributed by atoms with Gasteiger partial charge in [0.1, 0.15) is 11.5 Å². The van der Waals surface area contributed by atoms with Crippen LogP contribution < -0.4 is 11.1 Å². The molecule has 0 radical (unpaired) electrons. The smallest absolute Gasteiger partial charge is 0.269 e. The molecule has 0 fully saturated rings. The Kier molecular flexibility index (Phi) is 4.45. The summed E-state index contributed by atoms with van der Waals surface area (Å²) in [6.07, 6.45) is 0. The maximum atomic E-state index is 11.7. The molecule has 0 saturated carbocycles. The lowest BCUT2D eigenvalue weighted by Gasteiger charge is -2.10. The standard InChI is InChI=1S/C11H16N4O2/c1-7(10(12)15-17)6-13-11(16)9-5-3-4-8(2)14-9/h3-5,7,17H,6H2,1-2H3,(H2,12,15)(H,13,16). The number of pyridine rings is 1. The van der Waals surface area contributed by atoms with Gasteiger partial charge in [-0.2, -0.15) is 0 Å². The van der Waals surface area contributed by atoms with E-state index in [1.165, 1.54) is 0 Å². The number of nitrogens with two attached hydrogens (primary N) is 1. The zero-order chi connectivity index (χ0) is 12.8. The Morgan fingerprint density at radius 3 is 2.94 bits per heavy atom. The molecular formula is C11H16N4O2. The average molecular weight is 236 g/mol. The SMILES string of the molecule is Cc1cccc(C(=O)NCC(C)C(N)=NO)n1. The third-order valence-electron chi connectivity index (χ3n) is 2.31. The van der Waals surface area contributed by atoms with Crippen molar-refractivity contribution in [1.29, 1.82) is 0 Å². The zero-order valence-electron chi connectivity index (χ0n) is 9.84. The molecule has 17 heavy (non-hydrogen) atoms. The summed E-state index contributed by atoms with van der Waals surface area (Å²) < 4.78 is 0. The Bertz CT molecular complexity index is 431. The van der Waals surface area contributed by atoms with Gasteiger partial charge in [-0.25, -0.2) is 4.98 Å². The van der Waals surface area contributed by atoms with Crippen molar-refractivity contribution in [2.75, 3.05) is 6.54 Å². The quantitative estimate of drug-likeness (QED) is 0.307. The summed E-state index contributed by atoms with van der Waals surface area (Å²) in [4.78, 5) is 15.8. The fraction of sp³-hybridized carbons (Fsp3) is 0.364. The molecule has 1 rings (SSSR count). The summed E-state index contributed by atoms with van der Waals surface area (Å²) in [5.74, 6) is -0.414. The maximum Gasteiger partial charge on any atom is 0.269 e. The highest BCUT2D eigenvalue weighted by Gasteiger charge is 2.11. The molecule has 92 valence electrons. The number of nitrogens with zero attached hydrogens (tertiary/aromatic N) is 2. The van der Waals surface area contributed by atoms with Crippen molar-refractivity contribution in [3.8, 4) is 0 Å². The lowest BCUT2D eigenvalue weighted by atomic mass is 10.1. The molecule has 0 aromatic carbocycles. The minimum atomic E-state index is -0.272. The average Bonchev–Trinajstić information content (AvgIpc) is 2.34. The Morgan fingerprint density at radius 1 is 1.65 bits per heavy atom. The summed E-state index contributed by atoms with van der Waals surface area (Å²) in [6, 6.07) is 5.22. The molecule has 4 N–H and O–H groups in total. The highest BCUT2D eigenvalue weighted by molar-refractivity contribution is 5.92. The number of aromatic nitrogens is 1. The van der Waals surface area contributed by atoms with Gasteiger partial charge in [0.15, 0.2) is 0 Å². The van der Waals surface area contributed by atoms with Crippen molar-refractivity contribution in [2.45, 2.75) is 13.8 Å². The van der Waals surface area contributed by atoms with Gasteiger partial charge in [-0.05, 0) is 19.1 Å². The molecule has 6 nitrogen and oxygen atoms in total. The van der Waals surface area contributed by atoms with Crippen LogP contribution in [0.1, 0.15) is 23.1 Å². The van der Waals surface area contributed by atoms with Crippen LogP contribution >= 0.6 is 0 Å². The summed E-state index contributed by atoms with van der Waals surface area (Å²) in [6.45, 7) is 3.86. The largest absolute Gasteiger partial charge is 0.409 e. The predicted molar refractivity (Wildman–Crippen MR) is 63.9 cm³/mol. The first kappa shape index (κ1) is 13.0. The molecule has 1 aromatic rings. The van der Waals surface area contributed by atoms with E-state index >= 15 is 0 Å². The molecule has 6 heteroatoms. The number of amidine groups is 1. The molecule has 0 aliphatic heterocycles. The number of carbonyl (C=O) groups is 1. The van der Waals surface area contributed by atoms with E-state index in [0.717, 1.165) is 5.69 Å². The number of hydrogen-bond acceptors (Lipinski definition) is 4. The van der Waals surface area contributed by atoms with E-state index in [1.54, 1.807) is 19.1 Å². The maximum absolute atomic E-state index is 11.7.